The zero-order valence-electron chi connectivity index (χ0n) is 18.0. The van der Waals surface area contributed by atoms with Gasteiger partial charge < -0.3 is 15.4 Å². The Labute approximate surface area is 180 Å². The lowest BCUT2D eigenvalue weighted by Crippen LogP contribution is -2.49. The van der Waals surface area contributed by atoms with Gasteiger partial charge in [0.2, 0.25) is 0 Å². The number of nitrogens with one attached hydrogen (secondary N) is 2. The lowest BCUT2D eigenvalue weighted by Gasteiger charge is -2.33. The van der Waals surface area contributed by atoms with Crippen LogP contribution in [0.3, 0.4) is 0 Å². The van der Waals surface area contributed by atoms with E-state index >= 15 is 0 Å². The number of piperidine rings is 1. The van der Waals surface area contributed by atoms with E-state index in [9.17, 15) is 0 Å². The number of guanidine groups is 1. The molecule has 0 aromatic heterocycles. The first-order valence-corrected chi connectivity index (χ1v) is 11.2. The van der Waals surface area contributed by atoms with Gasteiger partial charge in [-0.2, -0.15) is 0 Å². The molecule has 0 aliphatic carbocycles. The normalized spacial score (nSPS) is 23.4. The molecular weight excluding hydrogens is 372 g/mol. The summed E-state index contributed by atoms with van der Waals surface area (Å²) in [6, 6.07) is 21.8. The molecule has 0 bridgehead atoms. The van der Waals surface area contributed by atoms with Crippen LogP contribution in [0.2, 0.25) is 0 Å². The van der Waals surface area contributed by atoms with Gasteiger partial charge in [0.1, 0.15) is 0 Å². The van der Waals surface area contributed by atoms with Crippen molar-refractivity contribution in [1.82, 2.24) is 15.5 Å². The molecule has 5 nitrogen and oxygen atoms in total. The monoisotopic (exact) mass is 406 g/mol. The minimum Gasteiger partial charge on any atom is -0.373 e. The summed E-state index contributed by atoms with van der Waals surface area (Å²) < 4.78 is 6.02. The highest BCUT2D eigenvalue weighted by atomic mass is 16.5. The molecule has 2 aromatic carbocycles. The number of likely N-dealkylation sites (tertiary alicyclic amines) is 1. The summed E-state index contributed by atoms with van der Waals surface area (Å²) >= 11 is 0. The van der Waals surface area contributed by atoms with Gasteiger partial charge in [0.15, 0.2) is 5.96 Å². The molecule has 2 aromatic rings. The van der Waals surface area contributed by atoms with Crippen LogP contribution in [0.4, 0.5) is 0 Å². The van der Waals surface area contributed by atoms with Gasteiger partial charge in [0.05, 0.1) is 6.10 Å². The second-order valence-electron chi connectivity index (χ2n) is 8.38. The standard InChI is InChI=1S/C25H34N4O/c1-26-25(27-18-22-14-17-30-24(22)21-10-6-3-7-11-21)28-23-12-15-29(16-13-23)19-20-8-4-2-5-9-20/h2-11,22-24H,12-19H2,1H3,(H2,26,27,28). The van der Waals surface area contributed by atoms with Crippen molar-refractivity contribution in [1.29, 1.82) is 0 Å². The fourth-order valence-electron chi connectivity index (χ4n) is 4.55. The highest BCUT2D eigenvalue weighted by molar-refractivity contribution is 5.80. The fourth-order valence-corrected chi connectivity index (χ4v) is 4.55. The molecular formula is C25H34N4O. The molecule has 2 saturated heterocycles. The summed E-state index contributed by atoms with van der Waals surface area (Å²) in [5.41, 5.74) is 2.67. The van der Waals surface area contributed by atoms with E-state index in [-0.39, 0.29) is 6.10 Å². The van der Waals surface area contributed by atoms with E-state index in [0.717, 1.165) is 58.0 Å². The molecule has 4 rings (SSSR count). The third-order valence-corrected chi connectivity index (χ3v) is 6.28. The Morgan fingerprint density at radius 2 is 1.70 bits per heavy atom. The van der Waals surface area contributed by atoms with Crippen LogP contribution in [-0.4, -0.2) is 50.2 Å². The SMILES string of the molecule is CN=C(NCC1CCOC1c1ccccc1)NC1CCN(Cc2ccccc2)CC1. The zero-order valence-corrected chi connectivity index (χ0v) is 18.0. The second-order valence-corrected chi connectivity index (χ2v) is 8.38. The third-order valence-electron chi connectivity index (χ3n) is 6.28. The van der Waals surface area contributed by atoms with E-state index in [1.807, 2.05) is 7.05 Å². The van der Waals surface area contributed by atoms with Crippen molar-refractivity contribution in [2.24, 2.45) is 10.9 Å². The van der Waals surface area contributed by atoms with Crippen molar-refractivity contribution in [3.8, 4) is 0 Å². The fraction of sp³-hybridized carbons (Fsp3) is 0.480. The second kappa shape index (κ2) is 10.6. The lowest BCUT2D eigenvalue weighted by molar-refractivity contribution is 0.0915. The van der Waals surface area contributed by atoms with E-state index in [1.54, 1.807) is 0 Å². The molecule has 0 saturated carbocycles. The van der Waals surface area contributed by atoms with Crippen LogP contribution in [0, 0.1) is 5.92 Å². The summed E-state index contributed by atoms with van der Waals surface area (Å²) in [4.78, 5) is 7.01. The number of rotatable bonds is 6. The quantitative estimate of drug-likeness (QED) is 0.569. The van der Waals surface area contributed by atoms with Gasteiger partial charge in [-0.05, 0) is 30.4 Å². The summed E-state index contributed by atoms with van der Waals surface area (Å²) in [5, 5.41) is 7.19. The summed E-state index contributed by atoms with van der Waals surface area (Å²) in [6.45, 7) is 5.00. The van der Waals surface area contributed by atoms with Crippen LogP contribution in [-0.2, 0) is 11.3 Å². The number of hydrogen-bond donors (Lipinski definition) is 2. The van der Waals surface area contributed by atoms with Gasteiger partial charge in [-0.15, -0.1) is 0 Å². The Hall–Kier alpha value is -2.37. The third kappa shape index (κ3) is 5.61. The molecule has 0 amide bonds. The minimum atomic E-state index is 0.179. The van der Waals surface area contributed by atoms with Gasteiger partial charge in [-0.3, -0.25) is 9.89 Å². The Kier molecular flexibility index (Phi) is 7.38. The van der Waals surface area contributed by atoms with E-state index < -0.39 is 0 Å². The number of benzene rings is 2. The van der Waals surface area contributed by atoms with E-state index in [2.05, 4.69) is 81.2 Å². The average Bonchev–Trinajstić information content (AvgIpc) is 3.28. The van der Waals surface area contributed by atoms with Gasteiger partial charge >= 0.3 is 0 Å². The molecule has 2 aliphatic rings. The van der Waals surface area contributed by atoms with E-state index in [1.165, 1.54) is 11.1 Å². The van der Waals surface area contributed by atoms with E-state index in [4.69, 9.17) is 4.74 Å². The smallest absolute Gasteiger partial charge is 0.191 e. The van der Waals surface area contributed by atoms with Crippen molar-refractivity contribution < 1.29 is 4.74 Å². The van der Waals surface area contributed by atoms with Crippen LogP contribution in [0.25, 0.3) is 0 Å². The first-order valence-electron chi connectivity index (χ1n) is 11.2. The predicted octanol–water partition coefficient (Wildman–Crippen LogP) is 3.59. The molecule has 2 aliphatic heterocycles. The average molecular weight is 407 g/mol. The first kappa shape index (κ1) is 20.9. The molecule has 0 spiro atoms. The van der Waals surface area contributed by atoms with Crippen molar-refractivity contribution in [3.05, 3.63) is 71.8 Å². The Morgan fingerprint density at radius 1 is 1.00 bits per heavy atom. The molecule has 2 heterocycles. The van der Waals surface area contributed by atoms with Crippen molar-refractivity contribution >= 4 is 5.96 Å². The summed E-state index contributed by atoms with van der Waals surface area (Å²) in [7, 11) is 1.86. The first-order chi connectivity index (χ1) is 14.8. The Morgan fingerprint density at radius 3 is 2.40 bits per heavy atom. The number of ether oxygens (including phenoxy) is 1. The molecule has 2 N–H and O–H groups in total. The number of nitrogens with zero attached hydrogens (tertiary/aromatic N) is 2. The van der Waals surface area contributed by atoms with Crippen molar-refractivity contribution in [3.63, 3.8) is 0 Å². The van der Waals surface area contributed by atoms with Crippen molar-refractivity contribution in [2.45, 2.75) is 38.0 Å². The topological polar surface area (TPSA) is 48.9 Å². The maximum atomic E-state index is 6.02. The van der Waals surface area contributed by atoms with Crippen LogP contribution in [0.1, 0.15) is 36.5 Å². The largest absolute Gasteiger partial charge is 0.373 e. The molecule has 160 valence electrons. The Bertz CT molecular complexity index is 787. The minimum absolute atomic E-state index is 0.179. The molecule has 5 heteroatoms. The Balaban J connectivity index is 1.22. The molecule has 0 radical (unpaired) electrons. The van der Waals surface area contributed by atoms with Gasteiger partial charge in [-0.25, -0.2) is 0 Å². The van der Waals surface area contributed by atoms with Gasteiger partial charge in [0.25, 0.3) is 0 Å². The van der Waals surface area contributed by atoms with E-state index in [0.29, 0.717) is 12.0 Å². The number of hydrogen-bond acceptors (Lipinski definition) is 3. The predicted molar refractivity (Wildman–Crippen MR) is 122 cm³/mol. The highest BCUT2D eigenvalue weighted by Gasteiger charge is 2.29. The molecule has 2 fully saturated rings. The lowest BCUT2D eigenvalue weighted by atomic mass is 9.95. The van der Waals surface area contributed by atoms with Gasteiger partial charge in [-0.1, -0.05) is 60.7 Å². The zero-order chi connectivity index (χ0) is 20.6. The van der Waals surface area contributed by atoms with Gasteiger partial charge in [0, 0.05) is 51.8 Å². The number of aliphatic imine (C=N–C) groups is 1. The summed E-state index contributed by atoms with van der Waals surface area (Å²) in [6.07, 6.45) is 3.55. The molecule has 30 heavy (non-hydrogen) atoms. The molecule has 2 atom stereocenters. The van der Waals surface area contributed by atoms with Crippen molar-refractivity contribution in [2.75, 3.05) is 33.3 Å². The summed E-state index contributed by atoms with van der Waals surface area (Å²) in [5.74, 6) is 1.38. The van der Waals surface area contributed by atoms with Crippen LogP contribution in [0.15, 0.2) is 65.7 Å². The molecule has 2 unspecified atom stereocenters. The highest BCUT2D eigenvalue weighted by Crippen LogP contribution is 2.33. The van der Waals surface area contributed by atoms with Crippen LogP contribution in [0.5, 0.6) is 0 Å². The van der Waals surface area contributed by atoms with Crippen LogP contribution < -0.4 is 10.6 Å². The van der Waals surface area contributed by atoms with Crippen LogP contribution >= 0.6 is 0 Å². The maximum absolute atomic E-state index is 6.02. The maximum Gasteiger partial charge on any atom is 0.191 e.